The molecule has 56 valence electrons. The molecular weight excluding hydrogens is 140 g/mol. The van der Waals surface area contributed by atoms with Crippen LogP contribution in [0.3, 0.4) is 0 Å². The van der Waals surface area contributed by atoms with E-state index in [4.69, 9.17) is 17.0 Å². The first-order chi connectivity index (χ1) is 5.27. The van der Waals surface area contributed by atoms with E-state index in [1.54, 1.807) is 18.2 Å². The van der Waals surface area contributed by atoms with Crippen molar-refractivity contribution in [2.24, 2.45) is 0 Å². The van der Waals surface area contributed by atoms with Crippen LogP contribution in [-0.4, -0.2) is 7.11 Å². The lowest BCUT2D eigenvalue weighted by Crippen LogP contribution is -1.90. The van der Waals surface area contributed by atoms with E-state index in [-0.39, 0.29) is 0 Å². The van der Waals surface area contributed by atoms with Gasteiger partial charge >= 0.3 is 0 Å². The number of hydrogen-bond acceptors (Lipinski definition) is 2. The minimum Gasteiger partial charge on any atom is -0.496 e. The molecular formula is C8H8N2O. The summed E-state index contributed by atoms with van der Waals surface area (Å²) in [5.74, 6) is 0.554. The zero-order valence-electron chi connectivity index (χ0n) is 6.16. The van der Waals surface area contributed by atoms with Crippen molar-refractivity contribution in [2.75, 3.05) is 12.8 Å². The van der Waals surface area contributed by atoms with Crippen LogP contribution in [0.25, 0.3) is 4.85 Å². The number of benzene rings is 1. The van der Waals surface area contributed by atoms with Gasteiger partial charge in [-0.3, -0.25) is 0 Å². The highest BCUT2D eigenvalue weighted by molar-refractivity contribution is 5.61. The molecule has 1 rings (SSSR count). The van der Waals surface area contributed by atoms with Gasteiger partial charge < -0.3 is 10.5 Å². The average Bonchev–Trinajstić information content (AvgIpc) is 2.05. The number of nitrogens with two attached hydrogens (primary N) is 1. The highest BCUT2D eigenvalue weighted by Crippen LogP contribution is 2.26. The minimum absolute atomic E-state index is 0.538. The first kappa shape index (κ1) is 7.42. The predicted octanol–water partition coefficient (Wildman–Crippen LogP) is 1.83. The lowest BCUT2D eigenvalue weighted by molar-refractivity contribution is 0.417. The molecule has 0 saturated heterocycles. The van der Waals surface area contributed by atoms with E-state index in [9.17, 15) is 0 Å². The molecule has 0 bridgehead atoms. The van der Waals surface area contributed by atoms with Crippen LogP contribution in [0, 0.1) is 6.57 Å². The Balaban J connectivity index is 3.15. The Labute approximate surface area is 65.2 Å². The van der Waals surface area contributed by atoms with Gasteiger partial charge in [0.2, 0.25) is 0 Å². The van der Waals surface area contributed by atoms with Gasteiger partial charge in [0, 0.05) is 0 Å². The molecule has 11 heavy (non-hydrogen) atoms. The molecule has 0 heterocycles. The predicted molar refractivity (Wildman–Crippen MR) is 43.7 cm³/mol. The number of nitrogen functional groups attached to an aromatic ring is 1. The molecule has 0 saturated carbocycles. The molecule has 0 atom stereocenters. The molecule has 0 aromatic heterocycles. The third-order valence-corrected chi connectivity index (χ3v) is 1.35. The zero-order valence-corrected chi connectivity index (χ0v) is 6.16. The molecule has 0 spiro atoms. The van der Waals surface area contributed by atoms with E-state index < -0.39 is 0 Å². The van der Waals surface area contributed by atoms with Gasteiger partial charge in [0.25, 0.3) is 0 Å². The molecule has 0 aliphatic carbocycles. The highest BCUT2D eigenvalue weighted by Gasteiger charge is 1.98. The van der Waals surface area contributed by atoms with Crippen molar-refractivity contribution in [3.63, 3.8) is 0 Å². The van der Waals surface area contributed by atoms with E-state index >= 15 is 0 Å². The second-order valence-electron chi connectivity index (χ2n) is 2.04. The summed E-state index contributed by atoms with van der Waals surface area (Å²) in [6.45, 7) is 6.71. The quantitative estimate of drug-likeness (QED) is 0.487. The van der Waals surface area contributed by atoms with Gasteiger partial charge in [-0.1, -0.05) is 6.07 Å². The highest BCUT2D eigenvalue weighted by atomic mass is 16.5. The van der Waals surface area contributed by atoms with Gasteiger partial charge in [0.1, 0.15) is 5.75 Å². The molecule has 0 fully saturated rings. The maximum Gasteiger partial charge on any atom is 0.191 e. The second-order valence-corrected chi connectivity index (χ2v) is 2.04. The third kappa shape index (κ3) is 1.41. The van der Waals surface area contributed by atoms with Crippen LogP contribution < -0.4 is 10.5 Å². The SMILES string of the molecule is [C-]#[N+]c1ccc(N)c(OC)c1. The number of hydrogen-bond donors (Lipinski definition) is 1. The van der Waals surface area contributed by atoms with E-state index in [2.05, 4.69) is 4.85 Å². The summed E-state index contributed by atoms with van der Waals surface area (Å²) < 4.78 is 4.92. The first-order valence-corrected chi connectivity index (χ1v) is 3.09. The lowest BCUT2D eigenvalue weighted by atomic mass is 10.2. The Morgan fingerprint density at radius 3 is 2.82 bits per heavy atom. The van der Waals surface area contributed by atoms with Crippen molar-refractivity contribution in [2.45, 2.75) is 0 Å². The van der Waals surface area contributed by atoms with Crippen LogP contribution in [0.4, 0.5) is 11.4 Å². The Hall–Kier alpha value is -1.69. The second kappa shape index (κ2) is 2.93. The number of ether oxygens (including phenoxy) is 1. The molecule has 1 aromatic rings. The lowest BCUT2D eigenvalue weighted by Gasteiger charge is -2.02. The van der Waals surface area contributed by atoms with Crippen molar-refractivity contribution in [1.29, 1.82) is 0 Å². The molecule has 2 N–H and O–H groups in total. The molecule has 1 aromatic carbocycles. The molecule has 3 heteroatoms. The number of methoxy groups -OCH3 is 1. The monoisotopic (exact) mass is 148 g/mol. The summed E-state index contributed by atoms with van der Waals surface area (Å²) in [6, 6.07) is 4.93. The molecule has 0 amide bonds. The topological polar surface area (TPSA) is 39.6 Å². The van der Waals surface area contributed by atoms with Gasteiger partial charge in [-0.05, 0) is 12.1 Å². The van der Waals surface area contributed by atoms with Gasteiger partial charge in [-0.2, -0.15) is 0 Å². The minimum atomic E-state index is 0.538. The largest absolute Gasteiger partial charge is 0.496 e. The summed E-state index contributed by atoms with van der Waals surface area (Å²) in [5, 5.41) is 0. The molecule has 0 aliphatic heterocycles. The summed E-state index contributed by atoms with van der Waals surface area (Å²) in [5.41, 5.74) is 6.62. The molecule has 0 unspecified atom stereocenters. The Bertz CT molecular complexity index is 301. The smallest absolute Gasteiger partial charge is 0.191 e. The normalized spacial score (nSPS) is 8.73. The van der Waals surface area contributed by atoms with E-state index in [0.29, 0.717) is 17.1 Å². The van der Waals surface area contributed by atoms with Crippen molar-refractivity contribution in [1.82, 2.24) is 0 Å². The van der Waals surface area contributed by atoms with Gasteiger partial charge in [0.15, 0.2) is 5.69 Å². The Morgan fingerprint density at radius 2 is 2.27 bits per heavy atom. The van der Waals surface area contributed by atoms with E-state index in [1.165, 1.54) is 7.11 Å². The van der Waals surface area contributed by atoms with Crippen LogP contribution in [0.2, 0.25) is 0 Å². The summed E-state index contributed by atoms with van der Waals surface area (Å²) in [4.78, 5) is 3.23. The molecule has 0 aliphatic rings. The average molecular weight is 148 g/mol. The number of anilines is 1. The number of nitrogens with zero attached hydrogens (tertiary/aromatic N) is 1. The van der Waals surface area contributed by atoms with Crippen LogP contribution in [0.5, 0.6) is 5.75 Å². The van der Waals surface area contributed by atoms with Crippen LogP contribution in [-0.2, 0) is 0 Å². The summed E-state index contributed by atoms with van der Waals surface area (Å²) >= 11 is 0. The molecule has 3 nitrogen and oxygen atoms in total. The van der Waals surface area contributed by atoms with Gasteiger partial charge in [0.05, 0.1) is 19.4 Å². The van der Waals surface area contributed by atoms with Crippen molar-refractivity contribution >= 4 is 11.4 Å². The van der Waals surface area contributed by atoms with Crippen molar-refractivity contribution in [3.05, 3.63) is 29.6 Å². The van der Waals surface area contributed by atoms with E-state index in [1.807, 2.05) is 0 Å². The Morgan fingerprint density at radius 1 is 1.55 bits per heavy atom. The van der Waals surface area contributed by atoms with Crippen molar-refractivity contribution < 1.29 is 4.74 Å². The van der Waals surface area contributed by atoms with Crippen LogP contribution in [0.1, 0.15) is 0 Å². The van der Waals surface area contributed by atoms with Crippen LogP contribution in [0.15, 0.2) is 18.2 Å². The third-order valence-electron chi connectivity index (χ3n) is 1.35. The maximum atomic E-state index is 6.71. The summed E-state index contributed by atoms with van der Waals surface area (Å²) in [7, 11) is 1.53. The molecule has 0 radical (unpaired) electrons. The standard InChI is InChI=1S/C8H8N2O/c1-10-6-3-4-7(9)8(5-6)11-2/h3-5H,9H2,2H3. The van der Waals surface area contributed by atoms with Crippen molar-refractivity contribution in [3.8, 4) is 5.75 Å². The maximum absolute atomic E-state index is 6.71. The van der Waals surface area contributed by atoms with E-state index in [0.717, 1.165) is 0 Å². The van der Waals surface area contributed by atoms with Crippen LogP contribution >= 0.6 is 0 Å². The van der Waals surface area contributed by atoms with Gasteiger partial charge in [-0.15, -0.1) is 0 Å². The Kier molecular flexibility index (Phi) is 1.98. The fraction of sp³-hybridized carbons (Fsp3) is 0.125. The fourth-order valence-corrected chi connectivity index (χ4v) is 0.769. The van der Waals surface area contributed by atoms with Gasteiger partial charge in [-0.25, -0.2) is 4.85 Å². The first-order valence-electron chi connectivity index (χ1n) is 3.09. The number of rotatable bonds is 1. The summed E-state index contributed by atoms with van der Waals surface area (Å²) in [6.07, 6.45) is 0. The fourth-order valence-electron chi connectivity index (χ4n) is 0.769. The zero-order chi connectivity index (χ0) is 8.27.